The third-order valence-electron chi connectivity index (χ3n) is 3.58. The second kappa shape index (κ2) is 5.89. The summed E-state index contributed by atoms with van der Waals surface area (Å²) < 4.78 is 11.9. The minimum Gasteiger partial charge on any atom is -0.493 e. The fraction of sp³-hybridized carbons (Fsp3) is 0.125. The summed E-state index contributed by atoms with van der Waals surface area (Å²) in [4.78, 5) is 14.8. The van der Waals surface area contributed by atoms with Gasteiger partial charge in [-0.2, -0.15) is 5.26 Å². The highest BCUT2D eigenvalue weighted by molar-refractivity contribution is 5.72. The van der Waals surface area contributed by atoms with Crippen LogP contribution in [0.3, 0.4) is 0 Å². The molecule has 0 aliphatic heterocycles. The van der Waals surface area contributed by atoms with Crippen molar-refractivity contribution in [1.29, 1.82) is 5.26 Å². The summed E-state index contributed by atoms with van der Waals surface area (Å²) in [7, 11) is 3.04. The first-order valence-corrected chi connectivity index (χ1v) is 6.88. The molecule has 120 valence electrons. The second-order valence-electron chi connectivity index (χ2n) is 4.86. The van der Waals surface area contributed by atoms with E-state index in [0.29, 0.717) is 28.4 Å². The molecule has 1 aromatic carbocycles. The standard InChI is InChI=1S/C16H12N4O4/c1-23-13-5-3-10(7-14(13)24-2)16-12(8-17)19-9-11(20(21)22)4-6-15(19)18-16/h3-7,9H,1-2H3. The van der Waals surface area contributed by atoms with Crippen molar-refractivity contribution in [3.05, 3.63) is 52.3 Å². The van der Waals surface area contributed by atoms with Crippen molar-refractivity contribution in [1.82, 2.24) is 9.38 Å². The molecule has 0 atom stereocenters. The molecule has 0 saturated heterocycles. The fourth-order valence-electron chi connectivity index (χ4n) is 2.43. The SMILES string of the molecule is COc1ccc(-c2nc3ccc([N+](=O)[O-])cn3c2C#N)cc1OC. The summed E-state index contributed by atoms with van der Waals surface area (Å²) in [6, 6.07) is 10.1. The zero-order chi connectivity index (χ0) is 17.3. The van der Waals surface area contributed by atoms with E-state index >= 15 is 0 Å². The summed E-state index contributed by atoms with van der Waals surface area (Å²) >= 11 is 0. The highest BCUT2D eigenvalue weighted by Gasteiger charge is 2.18. The average molecular weight is 324 g/mol. The van der Waals surface area contributed by atoms with Gasteiger partial charge in [0.25, 0.3) is 5.69 Å². The van der Waals surface area contributed by atoms with Gasteiger partial charge in [-0.05, 0) is 24.3 Å². The summed E-state index contributed by atoms with van der Waals surface area (Å²) in [5, 5.41) is 20.4. The number of fused-ring (bicyclic) bond motifs is 1. The molecule has 0 unspecified atom stereocenters. The van der Waals surface area contributed by atoms with Crippen molar-refractivity contribution in [3.63, 3.8) is 0 Å². The number of nitriles is 1. The first-order chi connectivity index (χ1) is 11.6. The van der Waals surface area contributed by atoms with Crippen LogP contribution < -0.4 is 9.47 Å². The lowest BCUT2D eigenvalue weighted by Crippen LogP contribution is -1.94. The van der Waals surface area contributed by atoms with Crippen LogP contribution in [0.1, 0.15) is 5.69 Å². The number of pyridine rings is 1. The zero-order valence-corrected chi connectivity index (χ0v) is 12.9. The average Bonchev–Trinajstić information content (AvgIpc) is 2.98. The lowest BCUT2D eigenvalue weighted by Gasteiger charge is -2.08. The van der Waals surface area contributed by atoms with E-state index in [-0.39, 0.29) is 11.4 Å². The zero-order valence-electron chi connectivity index (χ0n) is 12.9. The highest BCUT2D eigenvalue weighted by atomic mass is 16.6. The quantitative estimate of drug-likeness (QED) is 0.540. The van der Waals surface area contributed by atoms with Crippen molar-refractivity contribution >= 4 is 11.3 Å². The van der Waals surface area contributed by atoms with Crippen LogP contribution in [0.4, 0.5) is 5.69 Å². The molecule has 0 N–H and O–H groups in total. The van der Waals surface area contributed by atoms with Crippen molar-refractivity contribution in [2.24, 2.45) is 0 Å². The van der Waals surface area contributed by atoms with Gasteiger partial charge in [-0.1, -0.05) is 0 Å². The molecule has 0 aliphatic carbocycles. The molecular weight excluding hydrogens is 312 g/mol. The summed E-state index contributed by atoms with van der Waals surface area (Å²) in [5.41, 5.74) is 1.60. The Balaban J connectivity index is 2.23. The molecule has 8 nitrogen and oxygen atoms in total. The number of nitrogens with zero attached hydrogens (tertiary/aromatic N) is 4. The number of benzene rings is 1. The molecule has 0 spiro atoms. The maximum Gasteiger partial charge on any atom is 0.286 e. The van der Waals surface area contributed by atoms with Gasteiger partial charge in [0.2, 0.25) is 0 Å². The van der Waals surface area contributed by atoms with E-state index in [1.165, 1.54) is 36.9 Å². The van der Waals surface area contributed by atoms with Crippen LogP contribution in [0.2, 0.25) is 0 Å². The maximum atomic E-state index is 10.9. The minimum atomic E-state index is -0.517. The van der Waals surface area contributed by atoms with Gasteiger partial charge >= 0.3 is 0 Å². The van der Waals surface area contributed by atoms with Crippen LogP contribution in [0, 0.1) is 21.4 Å². The highest BCUT2D eigenvalue weighted by Crippen LogP contribution is 2.33. The Bertz CT molecular complexity index is 988. The molecule has 0 saturated carbocycles. The smallest absolute Gasteiger partial charge is 0.286 e. The third kappa shape index (κ3) is 2.38. The van der Waals surface area contributed by atoms with E-state index in [1.54, 1.807) is 18.2 Å². The van der Waals surface area contributed by atoms with Gasteiger partial charge in [-0.25, -0.2) is 4.98 Å². The van der Waals surface area contributed by atoms with Gasteiger partial charge in [0, 0.05) is 11.6 Å². The Kier molecular flexibility index (Phi) is 3.75. The number of nitro groups is 1. The number of aromatic nitrogens is 2. The van der Waals surface area contributed by atoms with E-state index in [1.807, 2.05) is 0 Å². The Morgan fingerprint density at radius 2 is 1.96 bits per heavy atom. The Labute approximate surface area is 136 Å². The third-order valence-corrected chi connectivity index (χ3v) is 3.58. The lowest BCUT2D eigenvalue weighted by atomic mass is 10.1. The normalized spacial score (nSPS) is 10.4. The Morgan fingerprint density at radius 3 is 2.58 bits per heavy atom. The number of rotatable bonds is 4. The van der Waals surface area contributed by atoms with E-state index in [0.717, 1.165) is 0 Å². The fourth-order valence-corrected chi connectivity index (χ4v) is 2.43. The maximum absolute atomic E-state index is 10.9. The molecule has 2 aromatic heterocycles. The van der Waals surface area contributed by atoms with Crippen molar-refractivity contribution in [2.45, 2.75) is 0 Å². The molecule has 0 bridgehead atoms. The molecule has 0 aliphatic rings. The summed E-state index contributed by atoms with van der Waals surface area (Å²) in [5.74, 6) is 1.06. The molecule has 0 radical (unpaired) electrons. The molecule has 24 heavy (non-hydrogen) atoms. The van der Waals surface area contributed by atoms with E-state index in [4.69, 9.17) is 9.47 Å². The first kappa shape index (κ1) is 15.3. The van der Waals surface area contributed by atoms with Crippen molar-refractivity contribution < 1.29 is 14.4 Å². The largest absolute Gasteiger partial charge is 0.493 e. The van der Waals surface area contributed by atoms with Crippen LogP contribution in [0.25, 0.3) is 16.9 Å². The van der Waals surface area contributed by atoms with Gasteiger partial charge in [0.1, 0.15) is 17.4 Å². The molecule has 0 amide bonds. The van der Waals surface area contributed by atoms with Crippen LogP contribution in [-0.2, 0) is 0 Å². The number of hydrogen-bond donors (Lipinski definition) is 0. The second-order valence-corrected chi connectivity index (χ2v) is 4.86. The number of imidazole rings is 1. The summed E-state index contributed by atoms with van der Waals surface area (Å²) in [6.45, 7) is 0. The Morgan fingerprint density at radius 1 is 1.21 bits per heavy atom. The molecule has 8 heteroatoms. The van der Waals surface area contributed by atoms with Crippen LogP contribution in [0.5, 0.6) is 11.5 Å². The van der Waals surface area contributed by atoms with Crippen LogP contribution in [-0.4, -0.2) is 28.5 Å². The topological polar surface area (TPSA) is 103 Å². The molecular formula is C16H12N4O4. The molecule has 3 rings (SSSR count). The predicted molar refractivity (Wildman–Crippen MR) is 85.1 cm³/mol. The van der Waals surface area contributed by atoms with Gasteiger partial charge in [-0.15, -0.1) is 0 Å². The number of methoxy groups -OCH3 is 2. The van der Waals surface area contributed by atoms with Gasteiger partial charge in [-0.3, -0.25) is 14.5 Å². The van der Waals surface area contributed by atoms with E-state index in [2.05, 4.69) is 11.1 Å². The van der Waals surface area contributed by atoms with Gasteiger partial charge in [0.05, 0.1) is 25.3 Å². The predicted octanol–water partition coefficient (Wildman–Crippen LogP) is 2.80. The lowest BCUT2D eigenvalue weighted by molar-refractivity contribution is -0.385. The van der Waals surface area contributed by atoms with E-state index in [9.17, 15) is 15.4 Å². The summed E-state index contributed by atoms with van der Waals surface area (Å²) in [6.07, 6.45) is 1.28. The first-order valence-electron chi connectivity index (χ1n) is 6.88. The molecule has 0 fully saturated rings. The monoisotopic (exact) mass is 324 g/mol. The van der Waals surface area contributed by atoms with Crippen molar-refractivity contribution in [2.75, 3.05) is 14.2 Å². The molecule has 3 aromatic rings. The minimum absolute atomic E-state index is 0.115. The molecule has 2 heterocycles. The van der Waals surface area contributed by atoms with Gasteiger partial charge in [0.15, 0.2) is 17.2 Å². The van der Waals surface area contributed by atoms with Crippen LogP contribution in [0.15, 0.2) is 36.5 Å². The van der Waals surface area contributed by atoms with Gasteiger partial charge < -0.3 is 9.47 Å². The van der Waals surface area contributed by atoms with E-state index < -0.39 is 4.92 Å². The number of hydrogen-bond acceptors (Lipinski definition) is 6. The Hall–Kier alpha value is -3.60. The van der Waals surface area contributed by atoms with Crippen molar-refractivity contribution in [3.8, 4) is 28.8 Å². The van der Waals surface area contributed by atoms with Crippen LogP contribution >= 0.6 is 0 Å². The number of ether oxygens (including phenoxy) is 2.